The summed E-state index contributed by atoms with van der Waals surface area (Å²) in [4.78, 5) is 10.5. The van der Waals surface area contributed by atoms with Crippen LogP contribution >= 0.6 is 16.1 Å². The van der Waals surface area contributed by atoms with Gasteiger partial charge in [-0.05, 0) is 39.8 Å². The normalized spacial score (nSPS) is 9.71. The Labute approximate surface area is 135 Å². The van der Waals surface area contributed by atoms with Crippen molar-refractivity contribution in [3.63, 3.8) is 0 Å². The van der Waals surface area contributed by atoms with Gasteiger partial charge in [-0.2, -0.15) is 5.26 Å². The smallest absolute Gasteiger partial charge is 0.330 e. The predicted molar refractivity (Wildman–Crippen MR) is 89.1 cm³/mol. The summed E-state index contributed by atoms with van der Waals surface area (Å²) in [7, 11) is 0. The largest absolute Gasteiger partial charge is 0.457 e. The highest BCUT2D eigenvalue weighted by Crippen LogP contribution is 2.21. The maximum absolute atomic E-state index is 10.5. The molecule has 0 unspecified atom stereocenters. The molecule has 114 valence electrons. The van der Waals surface area contributed by atoms with Gasteiger partial charge in [-0.1, -0.05) is 18.7 Å². The van der Waals surface area contributed by atoms with Crippen LogP contribution in [0, 0.1) is 11.3 Å². The number of anilines is 1. The number of rotatable bonds is 3. The molecule has 0 fully saturated rings. The van der Waals surface area contributed by atoms with Crippen LogP contribution in [0.4, 0.5) is 5.69 Å². The summed E-state index contributed by atoms with van der Waals surface area (Å²) in [6, 6.07) is 9.63. The Kier molecular flexibility index (Phi) is 8.41. The van der Waals surface area contributed by atoms with Gasteiger partial charge in [0, 0.05) is 28.8 Å². The number of hydrogen-bond donors (Lipinski definition) is 0. The minimum Gasteiger partial charge on any atom is -0.457 e. The molecule has 1 aromatic rings. The number of nitrogens with zero attached hydrogens (tertiary/aromatic N) is 2. The molecule has 0 spiro atoms. The molecule has 0 aliphatic heterocycles. The summed E-state index contributed by atoms with van der Waals surface area (Å²) in [6.45, 7) is 11.6. The van der Waals surface area contributed by atoms with Crippen LogP contribution in [0.5, 0.6) is 0 Å². The maximum atomic E-state index is 10.5. The molecule has 5 heteroatoms. The van der Waals surface area contributed by atoms with E-state index in [9.17, 15) is 4.79 Å². The van der Waals surface area contributed by atoms with Gasteiger partial charge in [0.25, 0.3) is 0 Å². The maximum Gasteiger partial charge on any atom is 0.330 e. The van der Waals surface area contributed by atoms with Crippen LogP contribution < -0.4 is 3.93 Å². The number of ether oxygens (including phenoxy) is 1. The SMILES string of the molecule is C=CC(=O)OC(C)(C)C.CCN(Br)c1ccccc1C#N. The number of para-hydroxylation sites is 1. The van der Waals surface area contributed by atoms with Crippen molar-refractivity contribution in [3.8, 4) is 6.07 Å². The minimum absolute atomic E-state index is 0.373. The zero-order valence-electron chi connectivity index (χ0n) is 12.9. The van der Waals surface area contributed by atoms with Crippen LogP contribution in [0.2, 0.25) is 0 Å². The molecule has 0 aromatic heterocycles. The Morgan fingerprint density at radius 1 is 1.48 bits per heavy atom. The van der Waals surface area contributed by atoms with Crippen LogP contribution in [-0.4, -0.2) is 18.1 Å². The molecule has 0 aliphatic carbocycles. The lowest BCUT2D eigenvalue weighted by Crippen LogP contribution is -2.22. The van der Waals surface area contributed by atoms with Crippen LogP contribution in [0.3, 0.4) is 0 Å². The van der Waals surface area contributed by atoms with E-state index >= 15 is 0 Å². The number of hydrogen-bond acceptors (Lipinski definition) is 4. The molecule has 0 aliphatic rings. The number of esters is 1. The average Bonchev–Trinajstić information content (AvgIpc) is 2.45. The number of carbonyl (C=O) groups excluding carboxylic acids is 1. The number of halogens is 1. The number of carbonyl (C=O) groups is 1. The molecule has 1 rings (SSSR count). The minimum atomic E-state index is -0.398. The summed E-state index contributed by atoms with van der Waals surface area (Å²) in [5.74, 6) is -0.373. The summed E-state index contributed by atoms with van der Waals surface area (Å²) in [5.41, 5.74) is 1.21. The molecule has 0 bridgehead atoms. The van der Waals surface area contributed by atoms with Gasteiger partial charge in [0.2, 0.25) is 0 Å². The molecular formula is C16H21BrN2O2. The van der Waals surface area contributed by atoms with Crippen LogP contribution in [0.1, 0.15) is 33.3 Å². The van der Waals surface area contributed by atoms with Gasteiger partial charge in [0.1, 0.15) is 11.7 Å². The fraction of sp³-hybridized carbons (Fsp3) is 0.375. The molecule has 0 saturated heterocycles. The molecule has 4 nitrogen and oxygen atoms in total. The number of nitriles is 1. The highest BCUT2D eigenvalue weighted by Gasteiger charge is 2.12. The molecule has 0 radical (unpaired) electrons. The van der Waals surface area contributed by atoms with Crippen molar-refractivity contribution in [3.05, 3.63) is 42.5 Å². The van der Waals surface area contributed by atoms with Crippen molar-refractivity contribution in [2.75, 3.05) is 10.5 Å². The van der Waals surface area contributed by atoms with E-state index in [0.717, 1.165) is 18.3 Å². The molecular weight excluding hydrogens is 332 g/mol. The van der Waals surface area contributed by atoms with E-state index in [-0.39, 0.29) is 5.97 Å². The molecule has 21 heavy (non-hydrogen) atoms. The van der Waals surface area contributed by atoms with E-state index < -0.39 is 5.60 Å². The predicted octanol–water partition coefficient (Wildman–Crippen LogP) is 4.21. The molecule has 0 saturated carbocycles. The van der Waals surface area contributed by atoms with Crippen LogP contribution in [0.15, 0.2) is 36.9 Å². The van der Waals surface area contributed by atoms with Gasteiger partial charge >= 0.3 is 5.97 Å². The number of benzene rings is 1. The van der Waals surface area contributed by atoms with Crippen molar-refractivity contribution in [2.45, 2.75) is 33.3 Å². The standard InChI is InChI=1S/C9H9BrN2.C7H12O2/c1-2-12(10)9-6-4-3-5-8(9)7-11;1-5-6(8)9-7(2,3)4/h3-6H,2H2,1H3;5H,1H2,2-4H3. The molecule has 1 aromatic carbocycles. The zero-order chi connectivity index (χ0) is 16.5. The lowest BCUT2D eigenvalue weighted by Gasteiger charge is -2.17. The lowest BCUT2D eigenvalue weighted by molar-refractivity contribution is -0.148. The third-order valence-corrected chi connectivity index (χ3v) is 3.02. The zero-order valence-corrected chi connectivity index (χ0v) is 14.5. The highest BCUT2D eigenvalue weighted by molar-refractivity contribution is 9.10. The summed E-state index contributed by atoms with van der Waals surface area (Å²) in [6.07, 6.45) is 1.16. The first-order valence-corrected chi connectivity index (χ1v) is 7.24. The Hall–Kier alpha value is -1.80. The van der Waals surface area contributed by atoms with Gasteiger partial charge < -0.3 is 8.66 Å². The third-order valence-electron chi connectivity index (χ3n) is 2.14. The lowest BCUT2D eigenvalue weighted by atomic mass is 10.2. The van der Waals surface area contributed by atoms with E-state index in [0.29, 0.717) is 5.56 Å². The fourth-order valence-corrected chi connectivity index (χ4v) is 1.60. The first kappa shape index (κ1) is 19.2. The Balaban J connectivity index is 0.000000400. The van der Waals surface area contributed by atoms with Gasteiger partial charge in [-0.15, -0.1) is 0 Å². The second-order valence-corrected chi connectivity index (χ2v) is 5.90. The van der Waals surface area contributed by atoms with Crippen molar-refractivity contribution in [1.29, 1.82) is 5.26 Å². The molecule has 0 heterocycles. The molecule has 0 N–H and O–H groups in total. The van der Waals surface area contributed by atoms with E-state index in [2.05, 4.69) is 28.8 Å². The first-order valence-electron chi connectivity index (χ1n) is 6.53. The van der Waals surface area contributed by atoms with Crippen molar-refractivity contribution in [1.82, 2.24) is 0 Å². The van der Waals surface area contributed by atoms with Gasteiger partial charge in [-0.25, -0.2) is 4.79 Å². The van der Waals surface area contributed by atoms with Crippen molar-refractivity contribution < 1.29 is 9.53 Å². The van der Waals surface area contributed by atoms with Crippen LogP contribution in [0.25, 0.3) is 0 Å². The van der Waals surface area contributed by atoms with E-state index in [4.69, 9.17) is 10.00 Å². The summed E-state index contributed by atoms with van der Waals surface area (Å²) >= 11 is 3.36. The Morgan fingerprint density at radius 3 is 2.43 bits per heavy atom. The summed E-state index contributed by atoms with van der Waals surface area (Å²) in [5, 5.41) is 8.77. The molecule has 0 atom stereocenters. The second kappa shape index (κ2) is 9.19. The second-order valence-electron chi connectivity index (χ2n) is 5.04. The van der Waals surface area contributed by atoms with Gasteiger partial charge in [-0.3, -0.25) is 0 Å². The van der Waals surface area contributed by atoms with Crippen LogP contribution in [-0.2, 0) is 9.53 Å². The quantitative estimate of drug-likeness (QED) is 0.464. The van der Waals surface area contributed by atoms with E-state index in [1.54, 1.807) is 6.07 Å². The summed E-state index contributed by atoms with van der Waals surface area (Å²) < 4.78 is 6.70. The molecule has 0 amide bonds. The van der Waals surface area contributed by atoms with E-state index in [1.165, 1.54) is 0 Å². The highest BCUT2D eigenvalue weighted by atomic mass is 79.9. The monoisotopic (exact) mass is 352 g/mol. The van der Waals surface area contributed by atoms with E-state index in [1.807, 2.05) is 49.8 Å². The van der Waals surface area contributed by atoms with Crippen molar-refractivity contribution in [2.24, 2.45) is 0 Å². The van der Waals surface area contributed by atoms with Gasteiger partial charge in [0.15, 0.2) is 0 Å². The first-order chi connectivity index (χ1) is 9.75. The Bertz CT molecular complexity index is 516. The third kappa shape index (κ3) is 8.16. The average molecular weight is 353 g/mol. The van der Waals surface area contributed by atoms with Gasteiger partial charge in [0.05, 0.1) is 11.3 Å². The van der Waals surface area contributed by atoms with Crippen molar-refractivity contribution >= 4 is 27.8 Å². The fourth-order valence-electron chi connectivity index (χ4n) is 1.29. The topological polar surface area (TPSA) is 53.3 Å². The Morgan fingerprint density at radius 2 is 2.05 bits per heavy atom.